The molecule has 3 fully saturated rings. The number of aryl methyl sites for hydroxylation is 1. The molecule has 1 aromatic heterocycles. The minimum Gasteiger partial charge on any atom is -0.451 e. The minimum atomic E-state index is -0.710. The lowest BCUT2D eigenvalue weighted by Crippen LogP contribution is -2.56. The summed E-state index contributed by atoms with van der Waals surface area (Å²) in [6.07, 6.45) is 1.65. The number of fused-ring (bicyclic) bond motifs is 1. The zero-order valence-corrected chi connectivity index (χ0v) is 15.1. The molecule has 0 N–H and O–H groups in total. The van der Waals surface area contributed by atoms with Crippen molar-refractivity contribution in [2.24, 2.45) is 0 Å². The second kappa shape index (κ2) is 5.66. The van der Waals surface area contributed by atoms with Crippen molar-refractivity contribution in [2.75, 3.05) is 19.7 Å². The number of hydrogen-bond acceptors (Lipinski definition) is 5. The van der Waals surface area contributed by atoms with E-state index < -0.39 is 5.72 Å². The van der Waals surface area contributed by atoms with Crippen molar-refractivity contribution in [1.82, 2.24) is 9.80 Å². The maximum absolute atomic E-state index is 13.2. The third-order valence-corrected chi connectivity index (χ3v) is 5.97. The van der Waals surface area contributed by atoms with E-state index >= 15 is 0 Å². The smallest absolute Gasteiger partial charge is 0.290 e. The van der Waals surface area contributed by atoms with E-state index in [1.54, 1.807) is 21.9 Å². The van der Waals surface area contributed by atoms with Crippen LogP contribution >= 0.6 is 0 Å². The van der Waals surface area contributed by atoms with Crippen LogP contribution in [0.25, 0.3) is 11.0 Å². The van der Waals surface area contributed by atoms with Crippen molar-refractivity contribution in [3.63, 3.8) is 0 Å². The molecule has 140 valence electrons. The Bertz CT molecular complexity index is 1030. The van der Waals surface area contributed by atoms with E-state index in [1.165, 1.54) is 6.07 Å². The summed E-state index contributed by atoms with van der Waals surface area (Å²) < 4.78 is 11.8. The van der Waals surface area contributed by atoms with Gasteiger partial charge in [-0.15, -0.1) is 0 Å². The zero-order valence-electron chi connectivity index (χ0n) is 15.1. The fourth-order valence-electron chi connectivity index (χ4n) is 4.70. The third-order valence-electron chi connectivity index (χ3n) is 5.97. The molecule has 3 aliphatic rings. The van der Waals surface area contributed by atoms with Crippen LogP contribution in [0.4, 0.5) is 0 Å². The van der Waals surface area contributed by atoms with Gasteiger partial charge in [0.05, 0.1) is 24.5 Å². The first-order valence-corrected chi connectivity index (χ1v) is 9.29. The third kappa shape index (κ3) is 2.27. The van der Waals surface area contributed by atoms with Crippen molar-refractivity contribution < 1.29 is 18.7 Å². The van der Waals surface area contributed by atoms with Crippen LogP contribution in [0.3, 0.4) is 0 Å². The molecule has 27 heavy (non-hydrogen) atoms. The fourth-order valence-corrected chi connectivity index (χ4v) is 4.70. The van der Waals surface area contributed by atoms with E-state index in [0.717, 1.165) is 12.0 Å². The van der Waals surface area contributed by atoms with Gasteiger partial charge in [-0.3, -0.25) is 14.4 Å². The molecule has 0 radical (unpaired) electrons. The van der Waals surface area contributed by atoms with Crippen LogP contribution < -0.4 is 5.43 Å². The summed E-state index contributed by atoms with van der Waals surface area (Å²) in [7, 11) is 0. The number of carbonyl (C=O) groups excluding carboxylic acids is 2. The highest BCUT2D eigenvalue weighted by Crippen LogP contribution is 2.45. The molecule has 3 saturated heterocycles. The first-order chi connectivity index (χ1) is 13.0. The van der Waals surface area contributed by atoms with Gasteiger partial charge in [0.2, 0.25) is 5.91 Å². The summed E-state index contributed by atoms with van der Waals surface area (Å²) in [5.41, 5.74) is 0.394. The molecule has 7 nitrogen and oxygen atoms in total. The normalized spacial score (nSPS) is 27.1. The van der Waals surface area contributed by atoms with Gasteiger partial charge in [0.1, 0.15) is 5.58 Å². The van der Waals surface area contributed by atoms with E-state index in [1.807, 2.05) is 13.0 Å². The number of rotatable bonds is 1. The maximum atomic E-state index is 13.2. The lowest BCUT2D eigenvalue weighted by molar-refractivity contribution is -0.179. The maximum Gasteiger partial charge on any atom is 0.290 e. The van der Waals surface area contributed by atoms with Gasteiger partial charge in [-0.1, -0.05) is 6.07 Å². The number of carbonyl (C=O) groups is 2. The molecular formula is C20H20N2O5. The van der Waals surface area contributed by atoms with Crippen molar-refractivity contribution in [1.29, 1.82) is 0 Å². The molecule has 2 atom stereocenters. The van der Waals surface area contributed by atoms with Crippen LogP contribution in [0.2, 0.25) is 0 Å². The van der Waals surface area contributed by atoms with Crippen molar-refractivity contribution in [2.45, 2.75) is 38.0 Å². The van der Waals surface area contributed by atoms with Crippen LogP contribution in [0, 0.1) is 6.92 Å². The van der Waals surface area contributed by atoms with E-state index in [-0.39, 0.29) is 35.5 Å². The van der Waals surface area contributed by atoms with Crippen LogP contribution in [-0.4, -0.2) is 53.1 Å². The van der Waals surface area contributed by atoms with Gasteiger partial charge in [0.15, 0.2) is 16.9 Å². The predicted octanol–water partition coefficient (Wildman–Crippen LogP) is 1.66. The second-order valence-electron chi connectivity index (χ2n) is 7.54. The van der Waals surface area contributed by atoms with Crippen molar-refractivity contribution in [3.8, 4) is 0 Å². The quantitative estimate of drug-likeness (QED) is 0.765. The van der Waals surface area contributed by atoms with Gasteiger partial charge in [-0.25, -0.2) is 0 Å². The second-order valence-corrected chi connectivity index (χ2v) is 7.54. The number of amides is 2. The molecule has 0 bridgehead atoms. The van der Waals surface area contributed by atoms with E-state index in [2.05, 4.69) is 0 Å². The number of ether oxygens (including phenoxy) is 1. The van der Waals surface area contributed by atoms with Crippen LogP contribution in [0.15, 0.2) is 33.5 Å². The van der Waals surface area contributed by atoms with Gasteiger partial charge < -0.3 is 19.0 Å². The molecule has 3 aliphatic heterocycles. The average Bonchev–Trinajstić information content (AvgIpc) is 3.13. The van der Waals surface area contributed by atoms with E-state index in [9.17, 15) is 14.4 Å². The number of benzene rings is 1. The van der Waals surface area contributed by atoms with E-state index in [4.69, 9.17) is 9.15 Å². The first-order valence-electron chi connectivity index (χ1n) is 9.29. The Morgan fingerprint density at radius 1 is 1.22 bits per heavy atom. The van der Waals surface area contributed by atoms with Crippen LogP contribution in [-0.2, 0) is 9.53 Å². The van der Waals surface area contributed by atoms with E-state index in [0.29, 0.717) is 37.1 Å². The Kier molecular flexibility index (Phi) is 3.46. The van der Waals surface area contributed by atoms with Crippen molar-refractivity contribution >= 4 is 22.8 Å². The Morgan fingerprint density at radius 2 is 2.07 bits per heavy atom. The lowest BCUT2D eigenvalue weighted by atomic mass is 10.0. The van der Waals surface area contributed by atoms with Crippen LogP contribution in [0.1, 0.15) is 35.4 Å². The molecule has 2 aromatic rings. The highest BCUT2D eigenvalue weighted by Gasteiger charge is 2.61. The molecule has 0 unspecified atom stereocenters. The summed E-state index contributed by atoms with van der Waals surface area (Å²) in [5, 5.41) is 0.452. The molecule has 0 saturated carbocycles. The summed E-state index contributed by atoms with van der Waals surface area (Å²) in [5.74, 6) is -0.328. The van der Waals surface area contributed by atoms with Gasteiger partial charge in [0, 0.05) is 25.6 Å². The summed E-state index contributed by atoms with van der Waals surface area (Å²) in [6.45, 7) is 3.63. The van der Waals surface area contributed by atoms with Gasteiger partial charge in [-0.05, 0) is 31.0 Å². The zero-order chi connectivity index (χ0) is 18.8. The predicted molar refractivity (Wildman–Crippen MR) is 96.3 cm³/mol. The minimum absolute atomic E-state index is 0.0110. The Labute approximate surface area is 155 Å². The highest BCUT2D eigenvalue weighted by atomic mass is 16.5. The monoisotopic (exact) mass is 368 g/mol. The molecule has 5 rings (SSSR count). The van der Waals surface area contributed by atoms with Gasteiger partial charge in [0.25, 0.3) is 5.91 Å². The number of nitrogens with zero attached hydrogens (tertiary/aromatic N) is 2. The molecular weight excluding hydrogens is 348 g/mol. The topological polar surface area (TPSA) is 80.1 Å². The number of hydrogen-bond donors (Lipinski definition) is 0. The largest absolute Gasteiger partial charge is 0.451 e. The Morgan fingerprint density at radius 3 is 2.93 bits per heavy atom. The number of likely N-dealkylation sites (tertiary alicyclic amines) is 1. The van der Waals surface area contributed by atoms with Gasteiger partial charge >= 0.3 is 0 Å². The van der Waals surface area contributed by atoms with Crippen molar-refractivity contribution in [3.05, 3.63) is 45.8 Å². The molecule has 1 spiro atoms. The SMILES string of the molecule is Cc1ccc2c(=O)cc(C(=O)N3CC[C@@]45OCCCN4C(=O)C[C@@H]35)oc2c1. The van der Waals surface area contributed by atoms with Crippen LogP contribution in [0.5, 0.6) is 0 Å². The molecule has 1 aromatic carbocycles. The first kappa shape index (κ1) is 16.5. The molecule has 2 amide bonds. The molecule has 7 heteroatoms. The molecule has 0 aliphatic carbocycles. The Hall–Kier alpha value is -2.67. The lowest BCUT2D eigenvalue weighted by Gasteiger charge is -2.42. The standard InChI is InChI=1S/C20H20N2O5/c1-12-3-4-13-14(23)10-16(27-15(13)9-12)19(25)21-7-5-20-17(21)11-18(24)22(20)6-2-8-26-20/h3-4,9-10,17H,2,5-8,11H2,1H3/t17-,20+/m1/s1. The van der Waals surface area contributed by atoms with Gasteiger partial charge in [-0.2, -0.15) is 0 Å². The summed E-state index contributed by atoms with van der Waals surface area (Å²) in [4.78, 5) is 41.4. The average molecular weight is 368 g/mol. The summed E-state index contributed by atoms with van der Waals surface area (Å²) >= 11 is 0. The Balaban J connectivity index is 1.53. The molecule has 4 heterocycles. The fraction of sp³-hybridized carbons (Fsp3) is 0.450. The highest BCUT2D eigenvalue weighted by molar-refractivity contribution is 5.95. The summed E-state index contributed by atoms with van der Waals surface area (Å²) in [6, 6.07) is 6.21.